The summed E-state index contributed by atoms with van der Waals surface area (Å²) < 4.78 is 14.5. The van der Waals surface area contributed by atoms with Gasteiger partial charge in [-0.2, -0.15) is 4.31 Å². The highest BCUT2D eigenvalue weighted by Gasteiger charge is 2.38. The summed E-state index contributed by atoms with van der Waals surface area (Å²) in [5.41, 5.74) is 3.12. The molecule has 0 aliphatic carbocycles. The van der Waals surface area contributed by atoms with Crippen LogP contribution in [0.15, 0.2) is 42.5 Å². The molecule has 118 valence electrons. The Morgan fingerprint density at radius 1 is 1.13 bits per heavy atom. The van der Waals surface area contributed by atoms with Gasteiger partial charge in [0.2, 0.25) is 11.2 Å². The molecule has 2 aromatic rings. The average Bonchev–Trinajstić information content (AvgIpc) is 2.73. The van der Waals surface area contributed by atoms with Crippen molar-refractivity contribution < 1.29 is 18.9 Å². The highest BCUT2D eigenvalue weighted by Crippen LogP contribution is 2.31. The molecule has 1 aliphatic rings. The summed E-state index contributed by atoms with van der Waals surface area (Å²) in [5.74, 6) is -2.11. The van der Waals surface area contributed by atoms with Gasteiger partial charge in [-0.3, -0.25) is 9.59 Å². The van der Waals surface area contributed by atoms with Crippen LogP contribution in [0.1, 0.15) is 16.7 Å². The zero-order valence-electron chi connectivity index (χ0n) is 12.3. The lowest BCUT2D eigenvalue weighted by atomic mass is 10.0. The molecule has 7 heteroatoms. The number of benzene rings is 2. The van der Waals surface area contributed by atoms with Gasteiger partial charge in [0.15, 0.2) is 0 Å². The average molecular weight is 330 g/mol. The number of nitrogens with one attached hydrogen (secondary N) is 1. The fourth-order valence-corrected chi connectivity index (χ4v) is 3.35. The fourth-order valence-electron chi connectivity index (χ4n) is 2.44. The summed E-state index contributed by atoms with van der Waals surface area (Å²) in [4.78, 5) is 22.9. The second-order valence-corrected chi connectivity index (χ2v) is 6.34. The van der Waals surface area contributed by atoms with E-state index < -0.39 is 23.0 Å². The Morgan fingerprint density at radius 3 is 2.48 bits per heavy atom. The Labute approximate surface area is 135 Å². The van der Waals surface area contributed by atoms with Crippen LogP contribution in [0.5, 0.6) is 5.75 Å². The monoisotopic (exact) mass is 330 g/mol. The van der Waals surface area contributed by atoms with Crippen molar-refractivity contribution in [2.45, 2.75) is 13.3 Å². The number of carbonyl (C=O) groups is 2. The topological polar surface area (TPSA) is 86.7 Å². The lowest BCUT2D eigenvalue weighted by Gasteiger charge is -2.14. The van der Waals surface area contributed by atoms with Crippen LogP contribution in [0.25, 0.3) is 0 Å². The summed E-state index contributed by atoms with van der Waals surface area (Å²) in [7, 11) is 0. The Kier molecular flexibility index (Phi) is 3.87. The van der Waals surface area contributed by atoms with E-state index in [4.69, 9.17) is 0 Å². The lowest BCUT2D eigenvalue weighted by Crippen LogP contribution is -2.27. The maximum atomic E-state index is 11.7. The minimum Gasteiger partial charge on any atom is -0.506 e. The molecule has 6 nitrogen and oxygen atoms in total. The zero-order valence-corrected chi connectivity index (χ0v) is 13.1. The predicted octanol–water partition coefficient (Wildman–Crippen LogP) is 1.33. The summed E-state index contributed by atoms with van der Waals surface area (Å²) in [5, 5.41) is 10.1. The van der Waals surface area contributed by atoms with Crippen molar-refractivity contribution in [3.05, 3.63) is 59.2 Å². The van der Waals surface area contributed by atoms with Gasteiger partial charge in [-0.15, -0.1) is 0 Å². The van der Waals surface area contributed by atoms with E-state index in [-0.39, 0.29) is 11.4 Å². The van der Waals surface area contributed by atoms with Gasteiger partial charge in [0.05, 0.1) is 0 Å². The van der Waals surface area contributed by atoms with Crippen LogP contribution in [-0.2, 0) is 27.2 Å². The Morgan fingerprint density at radius 2 is 1.87 bits per heavy atom. The third-order valence-electron chi connectivity index (χ3n) is 3.47. The fraction of sp³-hybridized carbons (Fsp3) is 0.125. The van der Waals surface area contributed by atoms with Gasteiger partial charge in [-0.05, 0) is 36.6 Å². The molecule has 1 atom stereocenters. The maximum Gasteiger partial charge on any atom is 0.330 e. The molecule has 0 saturated carbocycles. The molecule has 2 N–H and O–H groups in total. The molecule has 0 aromatic heterocycles. The third-order valence-corrected chi connectivity index (χ3v) is 4.53. The van der Waals surface area contributed by atoms with Crippen molar-refractivity contribution in [1.82, 2.24) is 4.72 Å². The highest BCUT2D eigenvalue weighted by molar-refractivity contribution is 7.87. The first-order valence-corrected chi connectivity index (χ1v) is 8.01. The van der Waals surface area contributed by atoms with Crippen molar-refractivity contribution in [2.75, 3.05) is 4.31 Å². The van der Waals surface area contributed by atoms with Crippen molar-refractivity contribution >= 4 is 28.7 Å². The molecule has 2 amide bonds. The minimum absolute atomic E-state index is 0.0414. The van der Waals surface area contributed by atoms with E-state index in [2.05, 4.69) is 0 Å². The number of hydrogen-bond acceptors (Lipinski definition) is 4. The SMILES string of the molecule is Cc1cccc(Cc2ccc(N3C(=O)C(=O)NS3=O)c(O)c2)c1. The second kappa shape index (κ2) is 5.85. The van der Waals surface area contributed by atoms with Crippen LogP contribution in [0.3, 0.4) is 0 Å². The zero-order chi connectivity index (χ0) is 16.6. The minimum atomic E-state index is -2.01. The van der Waals surface area contributed by atoms with Gasteiger partial charge >= 0.3 is 11.8 Å². The first-order chi connectivity index (χ1) is 11.0. The van der Waals surface area contributed by atoms with Crippen LogP contribution in [-0.4, -0.2) is 21.1 Å². The quantitative estimate of drug-likeness (QED) is 0.831. The molecule has 1 aliphatic heterocycles. The van der Waals surface area contributed by atoms with Crippen molar-refractivity contribution in [1.29, 1.82) is 0 Å². The Hall–Kier alpha value is -2.67. The van der Waals surface area contributed by atoms with Crippen LogP contribution in [0, 0.1) is 6.92 Å². The normalized spacial score (nSPS) is 17.4. The number of aryl methyl sites for hydroxylation is 1. The van der Waals surface area contributed by atoms with Crippen LogP contribution >= 0.6 is 0 Å². The van der Waals surface area contributed by atoms with Gasteiger partial charge < -0.3 is 5.11 Å². The highest BCUT2D eigenvalue weighted by atomic mass is 32.2. The summed E-state index contributed by atoms with van der Waals surface area (Å²) in [6.07, 6.45) is 0.615. The van der Waals surface area contributed by atoms with Gasteiger partial charge in [0.1, 0.15) is 11.4 Å². The van der Waals surface area contributed by atoms with Gasteiger partial charge in [0.25, 0.3) is 0 Å². The second-order valence-electron chi connectivity index (χ2n) is 5.27. The maximum absolute atomic E-state index is 11.7. The van der Waals surface area contributed by atoms with Crippen LogP contribution in [0.2, 0.25) is 0 Å². The number of anilines is 1. The molecule has 1 saturated heterocycles. The smallest absolute Gasteiger partial charge is 0.330 e. The van der Waals surface area contributed by atoms with E-state index in [1.54, 1.807) is 6.07 Å². The van der Waals surface area contributed by atoms with E-state index in [9.17, 15) is 18.9 Å². The molecule has 0 spiro atoms. The molecule has 1 fully saturated rings. The van der Waals surface area contributed by atoms with Gasteiger partial charge in [-0.25, -0.2) is 8.93 Å². The van der Waals surface area contributed by atoms with Crippen molar-refractivity contribution in [3.8, 4) is 5.75 Å². The standard InChI is InChI=1S/C16H14N2O4S/c1-10-3-2-4-11(7-10)8-12-5-6-13(14(19)9-12)18-16(21)15(20)17-23(18)22/h2-7,9,19H,8H2,1H3,(H,17,20). The van der Waals surface area contributed by atoms with E-state index >= 15 is 0 Å². The molecule has 1 heterocycles. The van der Waals surface area contributed by atoms with E-state index in [0.29, 0.717) is 6.42 Å². The van der Waals surface area contributed by atoms with E-state index in [1.807, 2.05) is 35.9 Å². The summed E-state index contributed by atoms with van der Waals surface area (Å²) >= 11 is -2.01. The third kappa shape index (κ3) is 2.95. The number of phenols is 1. The molecular formula is C16H14N2O4S. The largest absolute Gasteiger partial charge is 0.506 e. The number of hydrogen-bond donors (Lipinski definition) is 2. The van der Waals surface area contributed by atoms with Crippen LogP contribution in [0.4, 0.5) is 5.69 Å². The number of aromatic hydroxyl groups is 1. The van der Waals surface area contributed by atoms with E-state index in [0.717, 1.165) is 21.0 Å². The molecule has 0 radical (unpaired) electrons. The molecular weight excluding hydrogens is 316 g/mol. The Bertz CT molecular complexity index is 835. The van der Waals surface area contributed by atoms with Gasteiger partial charge in [0, 0.05) is 0 Å². The number of rotatable bonds is 3. The first kappa shape index (κ1) is 15.2. The predicted molar refractivity (Wildman–Crippen MR) is 85.9 cm³/mol. The molecule has 23 heavy (non-hydrogen) atoms. The molecule has 3 rings (SSSR count). The number of carbonyl (C=O) groups excluding carboxylic acids is 2. The van der Waals surface area contributed by atoms with E-state index in [1.165, 1.54) is 12.1 Å². The summed E-state index contributed by atoms with van der Waals surface area (Å²) in [6.45, 7) is 2.00. The molecule has 0 bridgehead atoms. The summed E-state index contributed by atoms with van der Waals surface area (Å²) in [6, 6.07) is 12.7. The number of amides is 2. The first-order valence-electron chi connectivity index (χ1n) is 6.90. The van der Waals surface area contributed by atoms with Crippen molar-refractivity contribution in [2.24, 2.45) is 0 Å². The van der Waals surface area contributed by atoms with Crippen LogP contribution < -0.4 is 9.03 Å². The molecule has 2 aromatic carbocycles. The Balaban J connectivity index is 1.88. The number of phenolic OH excluding ortho intramolecular Hbond substituents is 1. The van der Waals surface area contributed by atoms with Gasteiger partial charge in [-0.1, -0.05) is 35.9 Å². The van der Waals surface area contributed by atoms with Crippen molar-refractivity contribution in [3.63, 3.8) is 0 Å². The lowest BCUT2D eigenvalue weighted by molar-refractivity contribution is -0.134. The number of nitrogens with zero attached hydrogens (tertiary/aromatic N) is 1. The molecule has 1 unspecified atom stereocenters.